The van der Waals surface area contributed by atoms with E-state index >= 15 is 0 Å². The lowest BCUT2D eigenvalue weighted by Crippen LogP contribution is -2.13. The van der Waals surface area contributed by atoms with Crippen molar-refractivity contribution in [3.63, 3.8) is 0 Å². The summed E-state index contributed by atoms with van der Waals surface area (Å²) in [5.74, 6) is 0. The molecule has 0 bridgehead atoms. The number of rotatable bonds is 2. The molecule has 0 saturated heterocycles. The van der Waals surface area contributed by atoms with Crippen molar-refractivity contribution in [1.29, 1.82) is 0 Å². The minimum atomic E-state index is -0.157. The molecule has 0 aliphatic rings. The first kappa shape index (κ1) is 9.36. The Labute approximate surface area is 86.4 Å². The molecule has 2 rings (SSSR count). The lowest BCUT2D eigenvalue weighted by atomic mass is 10.1. The van der Waals surface area contributed by atoms with Gasteiger partial charge in [0.25, 0.3) is 0 Å². The van der Waals surface area contributed by atoms with Crippen LogP contribution in [0.3, 0.4) is 0 Å². The topological polar surface area (TPSA) is 56.7 Å². The molecule has 1 unspecified atom stereocenters. The average molecular weight is 208 g/mol. The fourth-order valence-corrected chi connectivity index (χ4v) is 1.95. The van der Waals surface area contributed by atoms with Crippen molar-refractivity contribution < 1.29 is 0 Å². The summed E-state index contributed by atoms with van der Waals surface area (Å²) < 4.78 is 1.82. The second-order valence-electron chi connectivity index (χ2n) is 3.20. The van der Waals surface area contributed by atoms with Crippen molar-refractivity contribution in [2.75, 3.05) is 0 Å². The molecule has 0 fully saturated rings. The van der Waals surface area contributed by atoms with Crippen molar-refractivity contribution in [3.8, 4) is 0 Å². The van der Waals surface area contributed by atoms with Crippen LogP contribution >= 0.6 is 11.3 Å². The van der Waals surface area contributed by atoms with Crippen LogP contribution in [0.5, 0.6) is 0 Å². The Balaban J connectivity index is 2.36. The highest BCUT2D eigenvalue weighted by Crippen LogP contribution is 2.21. The first-order chi connectivity index (χ1) is 6.70. The van der Waals surface area contributed by atoms with Crippen LogP contribution in [0, 0.1) is 6.92 Å². The summed E-state index contributed by atoms with van der Waals surface area (Å²) in [6.45, 7) is 2.01. The molecule has 0 aromatic carbocycles. The molecule has 0 spiro atoms. The van der Waals surface area contributed by atoms with Crippen LogP contribution in [0.2, 0.25) is 0 Å². The summed E-state index contributed by atoms with van der Waals surface area (Å²) in [7, 11) is 1.91. The van der Waals surface area contributed by atoms with E-state index in [2.05, 4.69) is 10.1 Å². The van der Waals surface area contributed by atoms with Gasteiger partial charge in [0.05, 0.1) is 23.4 Å². The molecule has 74 valence electrons. The van der Waals surface area contributed by atoms with E-state index in [9.17, 15) is 0 Å². The normalized spacial score (nSPS) is 13.1. The largest absolute Gasteiger partial charge is 0.319 e. The lowest BCUT2D eigenvalue weighted by Gasteiger charge is -2.07. The third-order valence-corrected chi connectivity index (χ3v) is 2.98. The lowest BCUT2D eigenvalue weighted by molar-refractivity contribution is 0.732. The molecule has 2 heterocycles. The fourth-order valence-electron chi connectivity index (χ4n) is 1.36. The van der Waals surface area contributed by atoms with Crippen LogP contribution in [0.4, 0.5) is 0 Å². The van der Waals surface area contributed by atoms with E-state index < -0.39 is 0 Å². The number of hydrogen-bond acceptors (Lipinski definition) is 4. The van der Waals surface area contributed by atoms with E-state index in [1.807, 2.05) is 24.0 Å². The molecule has 0 saturated carbocycles. The summed E-state index contributed by atoms with van der Waals surface area (Å²) in [6.07, 6.45) is 1.80. The molecule has 14 heavy (non-hydrogen) atoms. The minimum Gasteiger partial charge on any atom is -0.319 e. The molecule has 2 N–H and O–H groups in total. The van der Waals surface area contributed by atoms with E-state index in [4.69, 9.17) is 5.73 Å². The third kappa shape index (κ3) is 1.44. The van der Waals surface area contributed by atoms with Gasteiger partial charge in [-0.1, -0.05) is 0 Å². The van der Waals surface area contributed by atoms with Crippen molar-refractivity contribution in [2.24, 2.45) is 12.8 Å². The molecule has 4 nitrogen and oxygen atoms in total. The maximum Gasteiger partial charge on any atom is 0.0795 e. The second kappa shape index (κ2) is 3.51. The second-order valence-corrected chi connectivity index (χ2v) is 3.92. The highest BCUT2D eigenvalue weighted by atomic mass is 32.1. The maximum atomic E-state index is 6.07. The Kier molecular flexibility index (Phi) is 2.35. The number of aryl methyl sites for hydroxylation is 1. The van der Waals surface area contributed by atoms with Gasteiger partial charge in [-0.05, 0) is 6.92 Å². The average Bonchev–Trinajstić information content (AvgIpc) is 2.77. The molecule has 2 aromatic heterocycles. The van der Waals surface area contributed by atoms with Crippen LogP contribution in [0.15, 0.2) is 17.1 Å². The van der Waals surface area contributed by atoms with Gasteiger partial charge in [0, 0.05) is 23.7 Å². The van der Waals surface area contributed by atoms with Gasteiger partial charge >= 0.3 is 0 Å². The first-order valence-corrected chi connectivity index (χ1v) is 5.26. The van der Waals surface area contributed by atoms with Crippen molar-refractivity contribution >= 4 is 11.3 Å². The maximum absolute atomic E-state index is 6.07. The monoisotopic (exact) mass is 208 g/mol. The van der Waals surface area contributed by atoms with Crippen LogP contribution in [-0.2, 0) is 7.05 Å². The molecule has 1 atom stereocenters. The van der Waals surface area contributed by atoms with E-state index in [0.717, 1.165) is 17.0 Å². The van der Waals surface area contributed by atoms with Gasteiger partial charge in [-0.3, -0.25) is 4.68 Å². The Morgan fingerprint density at radius 1 is 1.57 bits per heavy atom. The highest BCUT2D eigenvalue weighted by molar-refractivity contribution is 7.07. The zero-order chi connectivity index (χ0) is 10.1. The molecule has 0 aliphatic carbocycles. The summed E-state index contributed by atoms with van der Waals surface area (Å²) in [5.41, 5.74) is 10.9. The van der Waals surface area contributed by atoms with Crippen LogP contribution in [0.25, 0.3) is 0 Å². The molecule has 0 radical (unpaired) electrons. The standard InChI is InChI=1S/C9H12N4S/c1-6-7(3-12-13(6)2)9(10)8-4-14-5-11-8/h3-5,9H,10H2,1-2H3. The predicted octanol–water partition coefficient (Wildman–Crippen LogP) is 1.23. The van der Waals surface area contributed by atoms with E-state index in [1.54, 1.807) is 23.0 Å². The van der Waals surface area contributed by atoms with E-state index in [1.165, 1.54) is 0 Å². The van der Waals surface area contributed by atoms with Gasteiger partial charge in [-0.15, -0.1) is 11.3 Å². The van der Waals surface area contributed by atoms with Crippen molar-refractivity contribution in [1.82, 2.24) is 14.8 Å². The van der Waals surface area contributed by atoms with Crippen molar-refractivity contribution in [2.45, 2.75) is 13.0 Å². The molecule has 2 aromatic rings. The summed E-state index contributed by atoms with van der Waals surface area (Å²) in [4.78, 5) is 4.20. The van der Waals surface area contributed by atoms with Gasteiger partial charge in [0.15, 0.2) is 0 Å². The van der Waals surface area contributed by atoms with Crippen LogP contribution in [0.1, 0.15) is 23.0 Å². The molecule has 0 amide bonds. The zero-order valence-electron chi connectivity index (χ0n) is 8.14. The molecular formula is C9H12N4S. The number of thiazole rings is 1. The SMILES string of the molecule is Cc1c(C(N)c2cscn2)cnn1C. The molecule has 5 heteroatoms. The summed E-state index contributed by atoms with van der Waals surface area (Å²) >= 11 is 1.56. The Hall–Kier alpha value is -1.20. The van der Waals surface area contributed by atoms with E-state index in [-0.39, 0.29) is 6.04 Å². The number of nitrogens with two attached hydrogens (primary N) is 1. The van der Waals surface area contributed by atoms with Gasteiger partial charge in [0.2, 0.25) is 0 Å². The summed E-state index contributed by atoms with van der Waals surface area (Å²) in [5, 5.41) is 6.13. The Morgan fingerprint density at radius 3 is 2.86 bits per heavy atom. The fraction of sp³-hybridized carbons (Fsp3) is 0.333. The molecular weight excluding hydrogens is 196 g/mol. The van der Waals surface area contributed by atoms with Crippen LogP contribution in [-0.4, -0.2) is 14.8 Å². The zero-order valence-corrected chi connectivity index (χ0v) is 8.95. The first-order valence-electron chi connectivity index (χ1n) is 4.32. The summed E-state index contributed by atoms with van der Waals surface area (Å²) in [6, 6.07) is -0.157. The Morgan fingerprint density at radius 2 is 2.36 bits per heavy atom. The Bertz CT molecular complexity index is 418. The number of nitrogens with zero attached hydrogens (tertiary/aromatic N) is 3. The quantitative estimate of drug-likeness (QED) is 0.807. The van der Waals surface area contributed by atoms with Crippen molar-refractivity contribution in [3.05, 3.63) is 34.0 Å². The van der Waals surface area contributed by atoms with Gasteiger partial charge in [0.1, 0.15) is 0 Å². The smallest absolute Gasteiger partial charge is 0.0795 e. The predicted molar refractivity (Wildman–Crippen MR) is 56.1 cm³/mol. The highest BCUT2D eigenvalue weighted by Gasteiger charge is 2.15. The van der Waals surface area contributed by atoms with Gasteiger partial charge < -0.3 is 5.73 Å². The third-order valence-electron chi connectivity index (χ3n) is 2.38. The van der Waals surface area contributed by atoms with E-state index in [0.29, 0.717) is 0 Å². The molecule has 0 aliphatic heterocycles. The van der Waals surface area contributed by atoms with Gasteiger partial charge in [-0.25, -0.2) is 4.98 Å². The number of aromatic nitrogens is 3. The van der Waals surface area contributed by atoms with Gasteiger partial charge in [-0.2, -0.15) is 5.10 Å². The van der Waals surface area contributed by atoms with Crippen LogP contribution < -0.4 is 5.73 Å². The number of hydrogen-bond donors (Lipinski definition) is 1. The minimum absolute atomic E-state index is 0.157.